The van der Waals surface area contributed by atoms with Crippen molar-refractivity contribution in [3.8, 4) is 0 Å². The van der Waals surface area contributed by atoms with Crippen LogP contribution in [-0.4, -0.2) is 45.5 Å². The molecular weight excluding hydrogens is 436 g/mol. The zero-order valence-corrected chi connectivity index (χ0v) is 20.0. The number of nitrogens with two attached hydrogens (primary N) is 1. The zero-order chi connectivity index (χ0) is 25.0. The Kier molecular flexibility index (Phi) is 7.50. The number of urea groups is 1. The van der Waals surface area contributed by atoms with Crippen LogP contribution in [0.25, 0.3) is 5.52 Å². The monoisotopic (exact) mass is 466 g/mol. The smallest absolute Gasteiger partial charge is 0.328 e. The third kappa shape index (κ3) is 5.33. The van der Waals surface area contributed by atoms with Crippen molar-refractivity contribution in [2.45, 2.75) is 46.1 Å². The average Bonchev–Trinajstić information content (AvgIpc) is 3.18. The van der Waals surface area contributed by atoms with Gasteiger partial charge in [0.1, 0.15) is 17.9 Å². The second kappa shape index (κ2) is 10.3. The van der Waals surface area contributed by atoms with Gasteiger partial charge in [0.25, 0.3) is 0 Å². The molecule has 0 fully saturated rings. The molecule has 2 amide bonds. The fraction of sp³-hybridized carbons (Fsp3) is 0.375. The van der Waals surface area contributed by atoms with Gasteiger partial charge in [0.05, 0.1) is 12.7 Å². The summed E-state index contributed by atoms with van der Waals surface area (Å²) in [7, 11) is 1.28. The number of carbonyl (C=O) groups excluding carboxylic acids is 3. The Bertz CT molecular complexity index is 1220. The van der Waals surface area contributed by atoms with Crippen molar-refractivity contribution in [3.63, 3.8) is 0 Å². The third-order valence-corrected chi connectivity index (χ3v) is 5.33. The Morgan fingerprint density at radius 2 is 1.88 bits per heavy atom. The molecule has 34 heavy (non-hydrogen) atoms. The van der Waals surface area contributed by atoms with Crippen molar-refractivity contribution >= 4 is 34.8 Å². The van der Waals surface area contributed by atoms with E-state index in [0.717, 1.165) is 5.69 Å². The maximum absolute atomic E-state index is 13.4. The number of aromatic nitrogens is 3. The summed E-state index contributed by atoms with van der Waals surface area (Å²) >= 11 is 0. The highest BCUT2D eigenvalue weighted by Crippen LogP contribution is 2.27. The number of hydrogen-bond acceptors (Lipinski definition) is 7. The van der Waals surface area contributed by atoms with E-state index in [-0.39, 0.29) is 23.4 Å². The summed E-state index contributed by atoms with van der Waals surface area (Å²) in [4.78, 5) is 41.9. The number of nitrogens with zero attached hydrogens (tertiary/aromatic N) is 3. The van der Waals surface area contributed by atoms with Gasteiger partial charge in [0, 0.05) is 16.9 Å². The Labute approximate surface area is 197 Å². The lowest BCUT2D eigenvalue weighted by Gasteiger charge is -2.18. The molecule has 1 aromatic carbocycles. The van der Waals surface area contributed by atoms with E-state index in [4.69, 9.17) is 10.5 Å². The number of ether oxygens (including phenoxy) is 1. The van der Waals surface area contributed by atoms with E-state index in [2.05, 4.69) is 20.7 Å². The maximum atomic E-state index is 13.4. The molecule has 0 saturated carbocycles. The van der Waals surface area contributed by atoms with E-state index in [1.807, 2.05) is 27.7 Å². The molecule has 0 aliphatic heterocycles. The maximum Gasteiger partial charge on any atom is 0.328 e. The number of hydrogen-bond donors (Lipinski definition) is 3. The topological polar surface area (TPSA) is 141 Å². The molecule has 10 heteroatoms. The highest BCUT2D eigenvalue weighted by atomic mass is 16.5. The summed E-state index contributed by atoms with van der Waals surface area (Å²) < 4.78 is 6.42. The molecule has 0 unspecified atom stereocenters. The van der Waals surface area contributed by atoms with Crippen LogP contribution in [0.4, 0.5) is 16.3 Å². The number of ketones is 1. The predicted molar refractivity (Wildman–Crippen MR) is 129 cm³/mol. The van der Waals surface area contributed by atoms with E-state index in [0.29, 0.717) is 28.8 Å². The van der Waals surface area contributed by atoms with Crippen LogP contribution < -0.4 is 16.4 Å². The summed E-state index contributed by atoms with van der Waals surface area (Å²) in [6.07, 6.45) is 1.79. The minimum Gasteiger partial charge on any atom is -0.467 e. The van der Waals surface area contributed by atoms with Crippen LogP contribution in [0.5, 0.6) is 0 Å². The van der Waals surface area contributed by atoms with Gasteiger partial charge in [-0.1, -0.05) is 39.8 Å². The first-order chi connectivity index (χ1) is 16.1. The average molecular weight is 467 g/mol. The first-order valence-electron chi connectivity index (χ1n) is 11.0. The normalized spacial score (nSPS) is 12.1. The quantitative estimate of drug-likeness (QED) is 0.341. The van der Waals surface area contributed by atoms with Crippen molar-refractivity contribution in [1.29, 1.82) is 0 Å². The number of esters is 1. The van der Waals surface area contributed by atoms with E-state index in [1.165, 1.54) is 13.4 Å². The number of anilines is 2. The van der Waals surface area contributed by atoms with E-state index in [9.17, 15) is 14.4 Å². The van der Waals surface area contributed by atoms with Crippen LogP contribution in [0, 0.1) is 5.92 Å². The van der Waals surface area contributed by atoms with Gasteiger partial charge in [-0.05, 0) is 36.5 Å². The molecule has 4 N–H and O–H groups in total. The van der Waals surface area contributed by atoms with Crippen LogP contribution in [0.3, 0.4) is 0 Å². The van der Waals surface area contributed by atoms with Crippen LogP contribution in [0.15, 0.2) is 36.7 Å². The highest BCUT2D eigenvalue weighted by Gasteiger charge is 2.24. The van der Waals surface area contributed by atoms with Crippen molar-refractivity contribution in [3.05, 3.63) is 53.5 Å². The van der Waals surface area contributed by atoms with Crippen LogP contribution in [0.1, 0.15) is 61.6 Å². The molecule has 3 rings (SSSR count). The molecule has 2 aromatic heterocycles. The minimum absolute atomic E-state index is 0.105. The summed E-state index contributed by atoms with van der Waals surface area (Å²) in [5, 5.41) is 9.56. The summed E-state index contributed by atoms with van der Waals surface area (Å²) in [5.41, 5.74) is 8.49. The molecule has 0 radical (unpaired) electrons. The van der Waals surface area contributed by atoms with Gasteiger partial charge in [0.2, 0.25) is 0 Å². The molecule has 0 aliphatic rings. The molecule has 3 aromatic rings. The van der Waals surface area contributed by atoms with Crippen molar-refractivity contribution in [2.24, 2.45) is 5.92 Å². The standard InChI is InChI=1S/C24H30N6O4/c1-13(2)9-18(23(32)34-5)29-24(33)28-16-8-6-7-15(10-16)21(31)17-11-19(14(3)4)30-20(17)22(25)26-12-27-30/h6-8,10-14,18H,9H2,1-5H3,(H2,25,26,27)(H2,28,29,33)/t18-/m0/s1. The SMILES string of the molecule is COC(=O)[C@H](CC(C)C)NC(=O)Nc1cccc(C(=O)c2cc(C(C)C)n3ncnc(N)c23)c1. The van der Waals surface area contributed by atoms with Gasteiger partial charge in [-0.2, -0.15) is 5.10 Å². The van der Waals surface area contributed by atoms with E-state index in [1.54, 1.807) is 34.8 Å². The zero-order valence-electron chi connectivity index (χ0n) is 20.0. The number of methoxy groups -OCH3 is 1. The van der Waals surface area contributed by atoms with E-state index >= 15 is 0 Å². The first-order valence-corrected chi connectivity index (χ1v) is 11.0. The van der Waals surface area contributed by atoms with E-state index < -0.39 is 18.0 Å². The number of fused-ring (bicyclic) bond motifs is 1. The molecular formula is C24H30N6O4. The molecule has 0 saturated heterocycles. The Balaban J connectivity index is 1.85. The van der Waals surface area contributed by atoms with Crippen molar-refractivity contribution in [2.75, 3.05) is 18.2 Å². The second-order valence-electron chi connectivity index (χ2n) is 8.76. The summed E-state index contributed by atoms with van der Waals surface area (Å²) in [6, 6.07) is 6.95. The van der Waals surface area contributed by atoms with Gasteiger partial charge in [0.15, 0.2) is 11.6 Å². The van der Waals surface area contributed by atoms with Crippen LogP contribution in [0.2, 0.25) is 0 Å². The number of carbonyl (C=O) groups is 3. The molecule has 0 aliphatic carbocycles. The number of benzene rings is 1. The number of nitrogen functional groups attached to an aromatic ring is 1. The molecule has 10 nitrogen and oxygen atoms in total. The number of rotatable bonds is 8. The van der Waals surface area contributed by atoms with Crippen LogP contribution >= 0.6 is 0 Å². The fourth-order valence-electron chi connectivity index (χ4n) is 3.72. The van der Waals surface area contributed by atoms with Crippen LogP contribution in [-0.2, 0) is 9.53 Å². The highest BCUT2D eigenvalue weighted by molar-refractivity contribution is 6.15. The Hall–Kier alpha value is -3.95. The van der Waals surface area contributed by atoms with Crippen molar-refractivity contribution in [1.82, 2.24) is 19.9 Å². The number of nitrogens with one attached hydrogen (secondary N) is 2. The molecule has 0 spiro atoms. The van der Waals surface area contributed by atoms with Gasteiger partial charge in [-0.25, -0.2) is 19.1 Å². The lowest BCUT2D eigenvalue weighted by atomic mass is 10.0. The van der Waals surface area contributed by atoms with Gasteiger partial charge in [-0.3, -0.25) is 4.79 Å². The largest absolute Gasteiger partial charge is 0.467 e. The molecule has 1 atom stereocenters. The fourth-order valence-corrected chi connectivity index (χ4v) is 3.72. The minimum atomic E-state index is -0.778. The first kappa shape index (κ1) is 24.7. The molecule has 180 valence electrons. The molecule has 0 bridgehead atoms. The second-order valence-corrected chi connectivity index (χ2v) is 8.76. The molecule has 2 heterocycles. The summed E-state index contributed by atoms with van der Waals surface area (Å²) in [5.74, 6) is -0.308. The summed E-state index contributed by atoms with van der Waals surface area (Å²) in [6.45, 7) is 7.88. The van der Waals surface area contributed by atoms with Gasteiger partial charge in [-0.15, -0.1) is 0 Å². The van der Waals surface area contributed by atoms with Crippen molar-refractivity contribution < 1.29 is 19.1 Å². The number of amides is 2. The lowest BCUT2D eigenvalue weighted by molar-refractivity contribution is -0.143. The predicted octanol–water partition coefficient (Wildman–Crippen LogP) is 3.38. The third-order valence-electron chi connectivity index (χ3n) is 5.33. The van der Waals surface area contributed by atoms with Gasteiger partial charge >= 0.3 is 12.0 Å². The Morgan fingerprint density at radius 3 is 2.53 bits per heavy atom. The lowest BCUT2D eigenvalue weighted by Crippen LogP contribution is -2.44. The van der Waals surface area contributed by atoms with Gasteiger partial charge < -0.3 is 21.1 Å². The Morgan fingerprint density at radius 1 is 1.15 bits per heavy atom.